The number of aromatic nitrogens is 3. The van der Waals surface area contributed by atoms with Crippen molar-refractivity contribution in [2.75, 3.05) is 31.7 Å². The standard InChI is InChI=1S/C15H19F3N6O/c1-23(13-11-4-5-19-12(11)21-9-22-13)24-6-2-3-10(7-24)14(25)20-8-15(16,17)18/h4-5,9-10H,2-3,6-8H2,1H3,(H,20,25)(H,19,21,22)/t10-/m0/s1. The molecule has 1 amide bonds. The highest BCUT2D eigenvalue weighted by Gasteiger charge is 2.32. The fourth-order valence-corrected chi connectivity index (χ4v) is 3.03. The largest absolute Gasteiger partial charge is 0.405 e. The van der Waals surface area contributed by atoms with E-state index in [9.17, 15) is 18.0 Å². The number of nitrogens with zero attached hydrogens (tertiary/aromatic N) is 4. The van der Waals surface area contributed by atoms with Crippen LogP contribution < -0.4 is 10.3 Å². The van der Waals surface area contributed by atoms with E-state index in [2.05, 4.69) is 15.0 Å². The van der Waals surface area contributed by atoms with Crippen LogP contribution in [0.3, 0.4) is 0 Å². The summed E-state index contributed by atoms with van der Waals surface area (Å²) in [6.07, 6.45) is 0.0945. The molecule has 0 spiro atoms. The zero-order chi connectivity index (χ0) is 18.0. The van der Waals surface area contributed by atoms with Crippen molar-refractivity contribution < 1.29 is 18.0 Å². The number of alkyl halides is 3. The summed E-state index contributed by atoms with van der Waals surface area (Å²) >= 11 is 0. The number of hydrogen-bond donors (Lipinski definition) is 2. The van der Waals surface area contributed by atoms with E-state index in [0.717, 1.165) is 11.8 Å². The highest BCUT2D eigenvalue weighted by atomic mass is 19.4. The molecular weight excluding hydrogens is 337 g/mol. The number of anilines is 1. The molecule has 0 aliphatic carbocycles. The number of hydrogen-bond acceptors (Lipinski definition) is 5. The quantitative estimate of drug-likeness (QED) is 0.872. The van der Waals surface area contributed by atoms with Crippen LogP contribution in [-0.2, 0) is 4.79 Å². The SMILES string of the molecule is CN(c1ncnc2[nH]ccc12)N1CCC[C@H](C(=O)NCC(F)(F)F)C1. The van der Waals surface area contributed by atoms with Gasteiger partial charge in [-0.1, -0.05) is 0 Å². The van der Waals surface area contributed by atoms with Gasteiger partial charge < -0.3 is 10.3 Å². The lowest BCUT2D eigenvalue weighted by atomic mass is 9.98. The van der Waals surface area contributed by atoms with Gasteiger partial charge in [0.05, 0.1) is 11.3 Å². The first kappa shape index (κ1) is 17.5. The van der Waals surface area contributed by atoms with Gasteiger partial charge in [0.15, 0.2) is 5.82 Å². The van der Waals surface area contributed by atoms with Crippen molar-refractivity contribution in [2.45, 2.75) is 19.0 Å². The zero-order valence-corrected chi connectivity index (χ0v) is 13.7. The summed E-state index contributed by atoms with van der Waals surface area (Å²) < 4.78 is 36.8. The van der Waals surface area contributed by atoms with E-state index in [-0.39, 0.29) is 0 Å². The number of amides is 1. The lowest BCUT2D eigenvalue weighted by molar-refractivity contribution is -0.141. The molecule has 2 N–H and O–H groups in total. The van der Waals surface area contributed by atoms with Crippen molar-refractivity contribution in [3.05, 3.63) is 18.6 Å². The number of hydrazine groups is 1. The van der Waals surface area contributed by atoms with Crippen LogP contribution in [0.15, 0.2) is 18.6 Å². The third-order valence-corrected chi connectivity index (χ3v) is 4.30. The number of nitrogens with one attached hydrogen (secondary N) is 2. The molecule has 25 heavy (non-hydrogen) atoms. The minimum Gasteiger partial charge on any atom is -0.347 e. The van der Waals surface area contributed by atoms with Gasteiger partial charge >= 0.3 is 6.18 Å². The Morgan fingerprint density at radius 1 is 1.48 bits per heavy atom. The first-order valence-corrected chi connectivity index (χ1v) is 7.96. The smallest absolute Gasteiger partial charge is 0.347 e. The minimum absolute atomic E-state index is 0.343. The summed E-state index contributed by atoms with van der Waals surface area (Å²) in [6.45, 7) is -0.250. The molecule has 3 rings (SSSR count). The normalized spacial score (nSPS) is 19.1. The Labute approximate surface area is 142 Å². The van der Waals surface area contributed by atoms with Gasteiger partial charge in [-0.3, -0.25) is 9.80 Å². The van der Waals surface area contributed by atoms with E-state index < -0.39 is 24.5 Å². The van der Waals surface area contributed by atoms with Crippen LogP contribution in [0, 0.1) is 5.92 Å². The first-order valence-electron chi connectivity index (χ1n) is 7.96. The predicted molar refractivity (Wildman–Crippen MR) is 85.7 cm³/mol. The molecule has 7 nitrogen and oxygen atoms in total. The number of carbonyl (C=O) groups is 1. The molecule has 1 fully saturated rings. The molecule has 136 valence electrons. The van der Waals surface area contributed by atoms with Crippen molar-refractivity contribution in [2.24, 2.45) is 5.92 Å². The first-order chi connectivity index (χ1) is 11.8. The number of rotatable bonds is 4. The molecule has 2 aromatic rings. The second kappa shape index (κ2) is 6.87. The van der Waals surface area contributed by atoms with Crippen molar-refractivity contribution in [3.63, 3.8) is 0 Å². The van der Waals surface area contributed by atoms with Crippen LogP contribution >= 0.6 is 0 Å². The Kier molecular flexibility index (Phi) is 4.80. The second-order valence-electron chi connectivity index (χ2n) is 6.05. The fourth-order valence-electron chi connectivity index (χ4n) is 3.03. The van der Waals surface area contributed by atoms with Crippen molar-refractivity contribution >= 4 is 22.8 Å². The topological polar surface area (TPSA) is 77.2 Å². The summed E-state index contributed by atoms with van der Waals surface area (Å²) in [5.74, 6) is -0.366. The second-order valence-corrected chi connectivity index (χ2v) is 6.05. The average Bonchev–Trinajstić information content (AvgIpc) is 3.07. The van der Waals surface area contributed by atoms with Gasteiger partial charge in [-0.25, -0.2) is 15.0 Å². The molecule has 10 heteroatoms. The van der Waals surface area contributed by atoms with E-state index in [1.807, 2.05) is 28.4 Å². The lowest BCUT2D eigenvalue weighted by Gasteiger charge is -2.38. The number of H-pyrrole nitrogens is 1. The number of fused-ring (bicyclic) bond motifs is 1. The highest BCUT2D eigenvalue weighted by molar-refractivity contribution is 5.87. The Hall–Kier alpha value is -2.36. The summed E-state index contributed by atoms with van der Waals surface area (Å²) in [4.78, 5) is 23.5. The number of aromatic amines is 1. The Bertz CT molecular complexity index is 746. The minimum atomic E-state index is -4.40. The van der Waals surface area contributed by atoms with Crippen molar-refractivity contribution in [1.82, 2.24) is 25.3 Å². The highest BCUT2D eigenvalue weighted by Crippen LogP contribution is 2.25. The maximum Gasteiger partial charge on any atom is 0.405 e. The summed E-state index contributed by atoms with van der Waals surface area (Å²) in [7, 11) is 1.82. The van der Waals surface area contributed by atoms with Gasteiger partial charge in [0.2, 0.25) is 5.91 Å². The molecule has 0 saturated carbocycles. The van der Waals surface area contributed by atoms with Crippen molar-refractivity contribution in [1.29, 1.82) is 0 Å². The van der Waals surface area contributed by atoms with Crippen LogP contribution in [0.25, 0.3) is 11.0 Å². The average molecular weight is 356 g/mol. The molecule has 1 aliphatic heterocycles. The molecule has 0 bridgehead atoms. The Morgan fingerprint density at radius 3 is 3.04 bits per heavy atom. The number of piperidine rings is 1. The molecule has 2 aromatic heterocycles. The Morgan fingerprint density at radius 2 is 2.28 bits per heavy atom. The number of carbonyl (C=O) groups excluding carboxylic acids is 1. The monoisotopic (exact) mass is 356 g/mol. The molecule has 3 heterocycles. The molecule has 0 radical (unpaired) electrons. The van der Waals surface area contributed by atoms with E-state index in [0.29, 0.717) is 31.0 Å². The predicted octanol–water partition coefficient (Wildman–Crippen LogP) is 1.70. The van der Waals surface area contributed by atoms with Gasteiger partial charge in [-0.05, 0) is 18.9 Å². The maximum atomic E-state index is 12.3. The third kappa shape index (κ3) is 4.01. The molecular formula is C15H19F3N6O. The molecule has 1 atom stereocenters. The third-order valence-electron chi connectivity index (χ3n) is 4.30. The molecule has 0 aromatic carbocycles. The van der Waals surface area contributed by atoms with E-state index in [1.165, 1.54) is 6.33 Å². The van der Waals surface area contributed by atoms with Gasteiger partial charge in [-0.2, -0.15) is 13.2 Å². The lowest BCUT2D eigenvalue weighted by Crippen LogP contribution is -2.50. The van der Waals surface area contributed by atoms with Gasteiger partial charge in [-0.15, -0.1) is 0 Å². The van der Waals surface area contributed by atoms with Crippen molar-refractivity contribution in [3.8, 4) is 0 Å². The van der Waals surface area contributed by atoms with Crippen LogP contribution in [0.5, 0.6) is 0 Å². The molecule has 1 aliphatic rings. The summed E-state index contributed by atoms with van der Waals surface area (Å²) in [5, 5.41) is 6.58. The fraction of sp³-hybridized carbons (Fsp3) is 0.533. The van der Waals surface area contributed by atoms with E-state index >= 15 is 0 Å². The van der Waals surface area contributed by atoms with Gasteiger partial charge in [0.25, 0.3) is 0 Å². The van der Waals surface area contributed by atoms with E-state index in [1.54, 1.807) is 6.20 Å². The summed E-state index contributed by atoms with van der Waals surface area (Å²) in [6, 6.07) is 1.86. The van der Waals surface area contributed by atoms with Crippen LogP contribution in [0.1, 0.15) is 12.8 Å². The summed E-state index contributed by atoms with van der Waals surface area (Å²) in [5.41, 5.74) is 0.702. The number of halogens is 3. The van der Waals surface area contributed by atoms with Crippen LogP contribution in [0.2, 0.25) is 0 Å². The molecule has 1 saturated heterocycles. The Balaban J connectivity index is 1.68. The van der Waals surface area contributed by atoms with Gasteiger partial charge in [0.1, 0.15) is 18.5 Å². The van der Waals surface area contributed by atoms with Crippen LogP contribution in [-0.4, -0.2) is 58.7 Å². The van der Waals surface area contributed by atoms with Crippen LogP contribution in [0.4, 0.5) is 19.0 Å². The zero-order valence-electron chi connectivity index (χ0n) is 13.7. The van der Waals surface area contributed by atoms with Gasteiger partial charge in [0, 0.05) is 26.3 Å². The van der Waals surface area contributed by atoms with E-state index in [4.69, 9.17) is 0 Å². The molecule has 0 unspecified atom stereocenters. The maximum absolute atomic E-state index is 12.3.